The van der Waals surface area contributed by atoms with Crippen LogP contribution in [0.2, 0.25) is 0 Å². The third-order valence-corrected chi connectivity index (χ3v) is 2.44. The van der Waals surface area contributed by atoms with Gasteiger partial charge in [0.15, 0.2) is 5.78 Å². The molecule has 3 heteroatoms. The van der Waals surface area contributed by atoms with Crippen LogP contribution in [0.3, 0.4) is 0 Å². The van der Waals surface area contributed by atoms with Crippen LogP contribution in [-0.2, 0) is 0 Å². The van der Waals surface area contributed by atoms with Crippen molar-refractivity contribution in [1.29, 1.82) is 0 Å². The van der Waals surface area contributed by atoms with Gasteiger partial charge in [0.1, 0.15) is 5.82 Å². The highest BCUT2D eigenvalue weighted by molar-refractivity contribution is 9.10. The molecule has 0 aromatic heterocycles. The minimum absolute atomic E-state index is 0.140. The van der Waals surface area contributed by atoms with Crippen molar-refractivity contribution in [3.63, 3.8) is 0 Å². The molecule has 0 radical (unpaired) electrons. The maximum atomic E-state index is 13.4. The highest BCUT2D eigenvalue weighted by Crippen LogP contribution is 2.20. The first-order valence-corrected chi connectivity index (χ1v) is 5.04. The van der Waals surface area contributed by atoms with Gasteiger partial charge in [-0.1, -0.05) is 12.1 Å². The molecule has 0 bridgehead atoms. The van der Waals surface area contributed by atoms with Crippen LogP contribution in [0.25, 0.3) is 0 Å². The second-order valence-electron chi connectivity index (χ2n) is 2.85. The lowest BCUT2D eigenvalue weighted by atomic mass is 10.1. The molecule has 0 unspecified atom stereocenters. The van der Waals surface area contributed by atoms with Gasteiger partial charge >= 0.3 is 0 Å². The molecular weight excluding hydrogens is 247 g/mol. The molecule has 0 fully saturated rings. The van der Waals surface area contributed by atoms with Gasteiger partial charge < -0.3 is 0 Å². The van der Waals surface area contributed by atoms with E-state index in [1.165, 1.54) is 6.07 Å². The third-order valence-electron chi connectivity index (χ3n) is 1.83. The Balaban J connectivity index is 2.89. The molecule has 1 aromatic rings. The fourth-order valence-electron chi connectivity index (χ4n) is 1.09. The molecule has 0 saturated heterocycles. The summed E-state index contributed by atoms with van der Waals surface area (Å²) in [6.45, 7) is 3.51. The molecule has 0 aliphatic rings. The molecule has 0 amide bonds. The molecular formula is C11H10BrFO. The molecule has 0 aliphatic heterocycles. The van der Waals surface area contributed by atoms with Crippen molar-refractivity contribution in [2.45, 2.75) is 12.8 Å². The van der Waals surface area contributed by atoms with E-state index in [1.807, 2.05) is 0 Å². The van der Waals surface area contributed by atoms with Crippen molar-refractivity contribution >= 4 is 21.7 Å². The summed E-state index contributed by atoms with van der Waals surface area (Å²) in [5, 5.41) is 0. The van der Waals surface area contributed by atoms with E-state index < -0.39 is 5.82 Å². The standard InChI is InChI=1S/C11H10BrFO/c1-2-3-7-10(14)8-5-4-6-9(12)11(8)13/h2,4-6H,1,3,7H2. The fraction of sp³-hybridized carbons (Fsp3) is 0.182. The van der Waals surface area contributed by atoms with Crippen LogP contribution in [0.1, 0.15) is 23.2 Å². The topological polar surface area (TPSA) is 17.1 Å². The molecule has 1 aromatic carbocycles. The van der Waals surface area contributed by atoms with E-state index >= 15 is 0 Å². The molecule has 0 saturated carbocycles. The number of carbonyl (C=O) groups excluding carboxylic acids is 1. The number of Topliss-reactive ketones (excluding diaryl/α,β-unsaturated/α-hetero) is 1. The van der Waals surface area contributed by atoms with Crippen molar-refractivity contribution in [2.75, 3.05) is 0 Å². The summed E-state index contributed by atoms with van der Waals surface area (Å²) in [6.07, 6.45) is 2.52. The Morgan fingerprint density at radius 2 is 2.29 bits per heavy atom. The smallest absolute Gasteiger partial charge is 0.166 e. The molecule has 1 rings (SSSR count). The van der Waals surface area contributed by atoms with Crippen LogP contribution < -0.4 is 0 Å². The second kappa shape index (κ2) is 5.05. The Kier molecular flexibility index (Phi) is 4.01. The van der Waals surface area contributed by atoms with Crippen molar-refractivity contribution in [3.05, 3.63) is 46.7 Å². The maximum absolute atomic E-state index is 13.4. The predicted octanol–water partition coefficient (Wildman–Crippen LogP) is 3.74. The SMILES string of the molecule is C=CCCC(=O)c1cccc(Br)c1F. The molecule has 74 valence electrons. The zero-order valence-electron chi connectivity index (χ0n) is 7.59. The molecule has 0 spiro atoms. The van der Waals surface area contributed by atoms with Crippen molar-refractivity contribution in [2.24, 2.45) is 0 Å². The number of hydrogen-bond donors (Lipinski definition) is 0. The van der Waals surface area contributed by atoms with Gasteiger partial charge in [0.05, 0.1) is 10.0 Å². The first-order chi connectivity index (χ1) is 6.66. The minimum Gasteiger partial charge on any atom is -0.294 e. The van der Waals surface area contributed by atoms with E-state index in [1.54, 1.807) is 18.2 Å². The summed E-state index contributed by atoms with van der Waals surface area (Å²) in [6, 6.07) is 4.71. The predicted molar refractivity (Wildman–Crippen MR) is 57.9 cm³/mol. The highest BCUT2D eigenvalue weighted by atomic mass is 79.9. The molecule has 0 N–H and O–H groups in total. The lowest BCUT2D eigenvalue weighted by Gasteiger charge is -2.02. The average Bonchev–Trinajstić information content (AvgIpc) is 2.18. The van der Waals surface area contributed by atoms with E-state index in [0.717, 1.165) is 0 Å². The number of halogens is 2. The molecule has 0 heterocycles. The Morgan fingerprint density at radius 3 is 2.93 bits per heavy atom. The van der Waals surface area contributed by atoms with Crippen LogP contribution in [0.4, 0.5) is 4.39 Å². The minimum atomic E-state index is -0.485. The van der Waals surface area contributed by atoms with Crippen LogP contribution in [-0.4, -0.2) is 5.78 Å². The van der Waals surface area contributed by atoms with E-state index in [-0.39, 0.29) is 11.3 Å². The van der Waals surface area contributed by atoms with Crippen LogP contribution in [0.15, 0.2) is 35.3 Å². The third kappa shape index (κ3) is 2.51. The lowest BCUT2D eigenvalue weighted by molar-refractivity contribution is 0.0979. The summed E-state index contributed by atoms with van der Waals surface area (Å²) in [4.78, 5) is 11.5. The van der Waals surface area contributed by atoms with E-state index in [2.05, 4.69) is 22.5 Å². The molecule has 14 heavy (non-hydrogen) atoms. The number of allylic oxidation sites excluding steroid dienone is 1. The number of rotatable bonds is 4. The summed E-state index contributed by atoms with van der Waals surface area (Å²) >= 11 is 3.04. The van der Waals surface area contributed by atoms with Crippen molar-refractivity contribution in [1.82, 2.24) is 0 Å². The zero-order valence-corrected chi connectivity index (χ0v) is 9.18. The molecule has 1 nitrogen and oxygen atoms in total. The molecule has 0 atom stereocenters. The summed E-state index contributed by atoms with van der Waals surface area (Å²) in [7, 11) is 0. The Labute approximate surface area is 90.8 Å². The average molecular weight is 257 g/mol. The molecule has 0 aliphatic carbocycles. The van der Waals surface area contributed by atoms with Gasteiger partial charge in [-0.05, 0) is 34.5 Å². The fourth-order valence-corrected chi connectivity index (χ4v) is 1.45. The first-order valence-electron chi connectivity index (χ1n) is 4.25. The number of hydrogen-bond acceptors (Lipinski definition) is 1. The van der Waals surface area contributed by atoms with Crippen LogP contribution in [0, 0.1) is 5.82 Å². The Bertz CT molecular complexity index is 360. The normalized spacial score (nSPS) is 9.86. The van der Waals surface area contributed by atoms with Crippen LogP contribution >= 0.6 is 15.9 Å². The number of carbonyl (C=O) groups is 1. The van der Waals surface area contributed by atoms with Gasteiger partial charge in [-0.25, -0.2) is 4.39 Å². The lowest BCUT2D eigenvalue weighted by Crippen LogP contribution is -2.02. The van der Waals surface area contributed by atoms with Gasteiger partial charge in [0, 0.05) is 6.42 Å². The van der Waals surface area contributed by atoms with Gasteiger partial charge in [0.2, 0.25) is 0 Å². The Hall–Kier alpha value is -0.960. The highest BCUT2D eigenvalue weighted by Gasteiger charge is 2.12. The van der Waals surface area contributed by atoms with Gasteiger partial charge in [-0.15, -0.1) is 6.58 Å². The zero-order chi connectivity index (χ0) is 10.6. The van der Waals surface area contributed by atoms with E-state index in [9.17, 15) is 9.18 Å². The first kappa shape index (κ1) is 11.1. The van der Waals surface area contributed by atoms with Crippen LogP contribution in [0.5, 0.6) is 0 Å². The van der Waals surface area contributed by atoms with Gasteiger partial charge in [0.25, 0.3) is 0 Å². The summed E-state index contributed by atoms with van der Waals surface area (Å²) < 4.78 is 13.7. The van der Waals surface area contributed by atoms with Gasteiger partial charge in [-0.2, -0.15) is 0 Å². The monoisotopic (exact) mass is 256 g/mol. The van der Waals surface area contributed by atoms with Gasteiger partial charge in [-0.3, -0.25) is 4.79 Å². The number of ketones is 1. The maximum Gasteiger partial charge on any atom is 0.166 e. The second-order valence-corrected chi connectivity index (χ2v) is 3.71. The number of benzene rings is 1. The Morgan fingerprint density at radius 1 is 1.57 bits per heavy atom. The summed E-state index contributed by atoms with van der Waals surface area (Å²) in [5.74, 6) is -0.676. The summed E-state index contributed by atoms with van der Waals surface area (Å²) in [5.41, 5.74) is 0.140. The largest absolute Gasteiger partial charge is 0.294 e. The van der Waals surface area contributed by atoms with E-state index in [0.29, 0.717) is 17.3 Å². The van der Waals surface area contributed by atoms with Crippen molar-refractivity contribution < 1.29 is 9.18 Å². The van der Waals surface area contributed by atoms with Crippen molar-refractivity contribution in [3.8, 4) is 0 Å². The van der Waals surface area contributed by atoms with E-state index in [4.69, 9.17) is 0 Å². The quantitative estimate of drug-likeness (QED) is 0.593.